The third kappa shape index (κ3) is 5.62. The van der Waals surface area contributed by atoms with E-state index in [9.17, 15) is 4.79 Å². The van der Waals surface area contributed by atoms with Gasteiger partial charge in [-0.15, -0.1) is 0 Å². The highest BCUT2D eigenvalue weighted by Gasteiger charge is 2.04. The molecule has 0 radical (unpaired) electrons. The van der Waals surface area contributed by atoms with Gasteiger partial charge in [-0.1, -0.05) is 52.3 Å². The highest BCUT2D eigenvalue weighted by Crippen LogP contribution is 2.11. The van der Waals surface area contributed by atoms with E-state index in [1.54, 1.807) is 0 Å². The number of carbonyl (C=O) groups excluding carboxylic acids is 1. The molecule has 4 heteroatoms. The standard InChI is InChI=1S/C18H21BrN2O/c1-21(2)13-16-5-3-15(4-6-16)12-20-18(22)11-14-7-9-17(19)10-8-14/h3-10H,11-13H2,1-2H3,(H,20,22)/p+1. The predicted octanol–water partition coefficient (Wildman–Crippen LogP) is 1.95. The maximum Gasteiger partial charge on any atom is 0.224 e. The Bertz CT molecular complexity index is 606. The van der Waals surface area contributed by atoms with Crippen LogP contribution < -0.4 is 10.2 Å². The molecule has 0 heterocycles. The number of carbonyl (C=O) groups is 1. The lowest BCUT2D eigenvalue weighted by Gasteiger charge is -2.09. The minimum absolute atomic E-state index is 0.0455. The highest BCUT2D eigenvalue weighted by atomic mass is 79.9. The Morgan fingerprint density at radius 2 is 1.50 bits per heavy atom. The quantitative estimate of drug-likeness (QED) is 0.809. The molecule has 0 bridgehead atoms. The van der Waals surface area contributed by atoms with Crippen molar-refractivity contribution < 1.29 is 9.69 Å². The average Bonchev–Trinajstić information content (AvgIpc) is 2.48. The van der Waals surface area contributed by atoms with E-state index >= 15 is 0 Å². The smallest absolute Gasteiger partial charge is 0.224 e. The highest BCUT2D eigenvalue weighted by molar-refractivity contribution is 9.10. The van der Waals surface area contributed by atoms with E-state index in [-0.39, 0.29) is 5.91 Å². The first-order valence-corrected chi connectivity index (χ1v) is 8.20. The van der Waals surface area contributed by atoms with Gasteiger partial charge in [0, 0.05) is 16.6 Å². The summed E-state index contributed by atoms with van der Waals surface area (Å²) in [5.41, 5.74) is 3.46. The van der Waals surface area contributed by atoms with Gasteiger partial charge in [-0.3, -0.25) is 4.79 Å². The molecule has 0 saturated heterocycles. The van der Waals surface area contributed by atoms with Crippen LogP contribution in [0.2, 0.25) is 0 Å². The van der Waals surface area contributed by atoms with Crippen molar-refractivity contribution in [1.29, 1.82) is 0 Å². The van der Waals surface area contributed by atoms with Gasteiger partial charge in [-0.05, 0) is 23.3 Å². The zero-order chi connectivity index (χ0) is 15.9. The van der Waals surface area contributed by atoms with Gasteiger partial charge in [-0.2, -0.15) is 0 Å². The fraction of sp³-hybridized carbons (Fsp3) is 0.278. The number of halogens is 1. The van der Waals surface area contributed by atoms with Crippen molar-refractivity contribution in [3.8, 4) is 0 Å². The van der Waals surface area contributed by atoms with E-state index in [4.69, 9.17) is 0 Å². The zero-order valence-corrected chi connectivity index (χ0v) is 14.6. The maximum atomic E-state index is 12.0. The Hall–Kier alpha value is -1.65. The molecule has 0 aliphatic heterocycles. The summed E-state index contributed by atoms with van der Waals surface area (Å²) in [6, 6.07) is 16.2. The molecule has 0 aromatic heterocycles. The molecule has 2 aromatic rings. The number of rotatable bonds is 6. The van der Waals surface area contributed by atoms with Crippen LogP contribution in [-0.4, -0.2) is 20.0 Å². The molecule has 0 aliphatic carbocycles. The topological polar surface area (TPSA) is 33.5 Å². The van der Waals surface area contributed by atoms with E-state index in [0.29, 0.717) is 13.0 Å². The minimum Gasteiger partial charge on any atom is -0.352 e. The normalized spacial score (nSPS) is 10.7. The van der Waals surface area contributed by atoms with Crippen LogP contribution in [0.1, 0.15) is 16.7 Å². The van der Waals surface area contributed by atoms with E-state index < -0.39 is 0 Å². The summed E-state index contributed by atoms with van der Waals surface area (Å²) in [6.07, 6.45) is 0.412. The number of hydrogen-bond acceptors (Lipinski definition) is 1. The SMILES string of the molecule is C[NH+](C)Cc1ccc(CNC(=O)Cc2ccc(Br)cc2)cc1. The van der Waals surface area contributed by atoms with Crippen molar-refractivity contribution in [1.82, 2.24) is 5.32 Å². The summed E-state index contributed by atoms with van der Waals surface area (Å²) in [5, 5.41) is 2.97. The number of quaternary nitrogens is 1. The van der Waals surface area contributed by atoms with Gasteiger partial charge in [0.05, 0.1) is 20.5 Å². The summed E-state index contributed by atoms with van der Waals surface area (Å²) in [4.78, 5) is 13.4. The number of amides is 1. The van der Waals surface area contributed by atoms with Gasteiger partial charge < -0.3 is 10.2 Å². The Balaban J connectivity index is 1.81. The number of benzene rings is 2. The molecule has 0 saturated carbocycles. The summed E-state index contributed by atoms with van der Waals surface area (Å²) in [6.45, 7) is 1.58. The van der Waals surface area contributed by atoms with Crippen LogP contribution in [0.4, 0.5) is 0 Å². The van der Waals surface area contributed by atoms with Crippen molar-refractivity contribution in [3.63, 3.8) is 0 Å². The van der Waals surface area contributed by atoms with Gasteiger partial charge >= 0.3 is 0 Å². The van der Waals surface area contributed by atoms with Crippen molar-refractivity contribution >= 4 is 21.8 Å². The second-order valence-corrected chi connectivity index (χ2v) is 6.70. The fourth-order valence-corrected chi connectivity index (χ4v) is 2.50. The van der Waals surface area contributed by atoms with Crippen LogP contribution in [0.5, 0.6) is 0 Å². The first kappa shape index (κ1) is 16.7. The van der Waals surface area contributed by atoms with Crippen LogP contribution in [0.15, 0.2) is 53.0 Å². The van der Waals surface area contributed by atoms with Crippen LogP contribution >= 0.6 is 15.9 Å². The largest absolute Gasteiger partial charge is 0.352 e. The van der Waals surface area contributed by atoms with Gasteiger partial charge in [0.2, 0.25) is 5.91 Å². The minimum atomic E-state index is 0.0455. The first-order chi connectivity index (χ1) is 10.5. The van der Waals surface area contributed by atoms with Crippen LogP contribution in [0, 0.1) is 0 Å². The second kappa shape index (κ2) is 8.11. The van der Waals surface area contributed by atoms with Gasteiger partial charge in [0.1, 0.15) is 6.54 Å². The maximum absolute atomic E-state index is 12.0. The molecule has 116 valence electrons. The van der Waals surface area contributed by atoms with Crippen molar-refractivity contribution in [2.24, 2.45) is 0 Å². The molecule has 0 atom stereocenters. The lowest BCUT2D eigenvalue weighted by molar-refractivity contribution is -0.872. The predicted molar refractivity (Wildman–Crippen MR) is 92.6 cm³/mol. The van der Waals surface area contributed by atoms with E-state index in [1.165, 1.54) is 10.5 Å². The molecule has 3 nitrogen and oxygen atoms in total. The van der Waals surface area contributed by atoms with Crippen LogP contribution in [-0.2, 0) is 24.3 Å². The average molecular weight is 362 g/mol. The van der Waals surface area contributed by atoms with E-state index in [0.717, 1.165) is 22.1 Å². The van der Waals surface area contributed by atoms with E-state index in [1.807, 2.05) is 24.3 Å². The molecule has 1 amide bonds. The zero-order valence-electron chi connectivity index (χ0n) is 13.0. The van der Waals surface area contributed by atoms with Crippen LogP contribution in [0.25, 0.3) is 0 Å². The second-order valence-electron chi connectivity index (χ2n) is 5.78. The van der Waals surface area contributed by atoms with Gasteiger partial charge in [0.25, 0.3) is 0 Å². The summed E-state index contributed by atoms with van der Waals surface area (Å²) < 4.78 is 1.02. The molecular formula is C18H22BrN2O+. The molecule has 2 rings (SSSR count). The summed E-state index contributed by atoms with van der Waals surface area (Å²) in [5.74, 6) is 0.0455. The number of nitrogens with one attached hydrogen (secondary N) is 2. The fourth-order valence-electron chi connectivity index (χ4n) is 2.23. The molecule has 0 unspecified atom stereocenters. The van der Waals surface area contributed by atoms with Crippen molar-refractivity contribution in [2.75, 3.05) is 14.1 Å². The third-order valence-electron chi connectivity index (χ3n) is 3.35. The van der Waals surface area contributed by atoms with Gasteiger partial charge in [-0.25, -0.2) is 0 Å². The summed E-state index contributed by atoms with van der Waals surface area (Å²) >= 11 is 3.39. The molecule has 2 N–H and O–H groups in total. The Labute approximate surface area is 140 Å². The van der Waals surface area contributed by atoms with Crippen LogP contribution in [0.3, 0.4) is 0 Å². The molecule has 2 aromatic carbocycles. The third-order valence-corrected chi connectivity index (χ3v) is 3.88. The molecular weight excluding hydrogens is 340 g/mol. The Morgan fingerprint density at radius 1 is 0.955 bits per heavy atom. The van der Waals surface area contributed by atoms with Crippen molar-refractivity contribution in [2.45, 2.75) is 19.5 Å². The molecule has 22 heavy (non-hydrogen) atoms. The first-order valence-electron chi connectivity index (χ1n) is 7.41. The molecule has 0 aliphatic rings. The Morgan fingerprint density at radius 3 is 2.09 bits per heavy atom. The van der Waals surface area contributed by atoms with E-state index in [2.05, 4.69) is 59.6 Å². The molecule has 0 fully saturated rings. The Kier molecular flexibility index (Phi) is 6.16. The monoisotopic (exact) mass is 361 g/mol. The lowest BCUT2D eigenvalue weighted by atomic mass is 10.1. The number of hydrogen-bond donors (Lipinski definition) is 2. The molecule has 0 spiro atoms. The van der Waals surface area contributed by atoms with Gasteiger partial charge in [0.15, 0.2) is 0 Å². The lowest BCUT2D eigenvalue weighted by Crippen LogP contribution is -3.04. The summed E-state index contributed by atoms with van der Waals surface area (Å²) in [7, 11) is 4.27. The van der Waals surface area contributed by atoms with Crippen molar-refractivity contribution in [3.05, 3.63) is 69.7 Å².